The third-order valence-corrected chi connectivity index (χ3v) is 6.50. The fourth-order valence-electron chi connectivity index (χ4n) is 4.59. The Balaban J connectivity index is 1.84. The second-order valence-electron chi connectivity index (χ2n) is 8.68. The Morgan fingerprint density at radius 3 is 2.34 bits per heavy atom. The number of carbonyl (C=O) groups excluding carboxylic acids is 2. The van der Waals surface area contributed by atoms with Crippen LogP contribution < -0.4 is 19.7 Å². The van der Waals surface area contributed by atoms with Crippen molar-refractivity contribution in [1.82, 2.24) is 5.32 Å². The normalized spacial score (nSPS) is 14.4. The summed E-state index contributed by atoms with van der Waals surface area (Å²) in [5, 5.41) is 3.18. The largest absolute Gasteiger partial charge is 0.493 e. The van der Waals surface area contributed by atoms with Crippen LogP contribution in [0.5, 0.6) is 11.5 Å². The number of methoxy groups -OCH3 is 2. The number of hydrogen-bond acceptors (Lipinski definition) is 5. The van der Waals surface area contributed by atoms with Gasteiger partial charge in [-0.15, -0.1) is 0 Å². The van der Waals surface area contributed by atoms with E-state index in [0.717, 1.165) is 37.7 Å². The highest BCUT2D eigenvalue weighted by Crippen LogP contribution is 2.36. The van der Waals surface area contributed by atoms with Gasteiger partial charge >= 0.3 is 0 Å². The van der Waals surface area contributed by atoms with Crippen LogP contribution in [0.1, 0.15) is 60.3 Å². The Bertz CT molecular complexity index is 1130. The van der Waals surface area contributed by atoms with Crippen molar-refractivity contribution in [2.75, 3.05) is 19.1 Å². The molecule has 1 unspecified atom stereocenters. The highest BCUT2D eigenvalue weighted by atomic mass is 16.5. The first-order chi connectivity index (χ1) is 17.0. The molecule has 3 aromatic rings. The van der Waals surface area contributed by atoms with Crippen molar-refractivity contribution in [1.29, 1.82) is 0 Å². The number of aryl methyl sites for hydroxylation is 1. The van der Waals surface area contributed by atoms with E-state index in [2.05, 4.69) is 12.2 Å². The van der Waals surface area contributed by atoms with Gasteiger partial charge in [-0.1, -0.05) is 38.0 Å². The zero-order valence-corrected chi connectivity index (χ0v) is 20.5. The van der Waals surface area contributed by atoms with Crippen LogP contribution in [0, 0.1) is 0 Å². The van der Waals surface area contributed by atoms with Crippen LogP contribution in [-0.4, -0.2) is 32.1 Å². The molecule has 1 saturated carbocycles. The lowest BCUT2D eigenvalue weighted by atomic mass is 10.0. The Morgan fingerprint density at radius 2 is 1.74 bits per heavy atom. The molecular formula is C28H32N2O5. The predicted octanol–water partition coefficient (Wildman–Crippen LogP) is 5.31. The maximum atomic E-state index is 13.9. The Hall–Kier alpha value is -3.74. The molecule has 0 aliphatic heterocycles. The number of ether oxygens (including phenoxy) is 2. The monoisotopic (exact) mass is 476 g/mol. The lowest BCUT2D eigenvalue weighted by Crippen LogP contribution is -2.46. The molecule has 1 aromatic heterocycles. The van der Waals surface area contributed by atoms with Gasteiger partial charge in [0.15, 0.2) is 17.3 Å². The topological polar surface area (TPSA) is 81.0 Å². The lowest BCUT2D eigenvalue weighted by molar-refractivity contribution is -0.123. The number of nitrogens with zero attached hydrogens (tertiary/aromatic N) is 1. The summed E-state index contributed by atoms with van der Waals surface area (Å²) in [6.07, 6.45) is 6.35. The summed E-state index contributed by atoms with van der Waals surface area (Å²) in [5.41, 5.74) is 2.35. The fourth-order valence-corrected chi connectivity index (χ4v) is 4.59. The molecule has 0 radical (unpaired) electrons. The molecule has 1 heterocycles. The van der Waals surface area contributed by atoms with E-state index in [4.69, 9.17) is 13.9 Å². The number of nitrogens with one attached hydrogen (secondary N) is 1. The van der Waals surface area contributed by atoms with Crippen LogP contribution in [-0.2, 0) is 11.2 Å². The maximum absolute atomic E-state index is 13.9. The summed E-state index contributed by atoms with van der Waals surface area (Å²) in [7, 11) is 3.11. The van der Waals surface area contributed by atoms with Gasteiger partial charge in [-0.25, -0.2) is 0 Å². The number of amides is 2. The molecule has 7 nitrogen and oxygen atoms in total. The maximum Gasteiger partial charge on any atom is 0.294 e. The van der Waals surface area contributed by atoms with E-state index in [-0.39, 0.29) is 17.7 Å². The van der Waals surface area contributed by atoms with Crippen molar-refractivity contribution in [3.8, 4) is 11.5 Å². The molecular weight excluding hydrogens is 444 g/mol. The second kappa shape index (κ2) is 11.1. The van der Waals surface area contributed by atoms with E-state index >= 15 is 0 Å². The van der Waals surface area contributed by atoms with E-state index in [0.29, 0.717) is 22.7 Å². The SMILES string of the molecule is CCc1ccc(N(C(=O)c2ccco2)C(C(=O)NC2CCCC2)c2ccc(OC)c(OC)c2)cc1. The van der Waals surface area contributed by atoms with E-state index < -0.39 is 11.9 Å². The molecule has 1 aliphatic rings. The Labute approximate surface area is 206 Å². The van der Waals surface area contributed by atoms with Crippen molar-refractivity contribution in [2.24, 2.45) is 0 Å². The van der Waals surface area contributed by atoms with Crippen molar-refractivity contribution >= 4 is 17.5 Å². The molecule has 2 aromatic carbocycles. The van der Waals surface area contributed by atoms with E-state index in [1.165, 1.54) is 11.2 Å². The fraction of sp³-hybridized carbons (Fsp3) is 0.357. The average molecular weight is 477 g/mol. The molecule has 1 N–H and O–H groups in total. The van der Waals surface area contributed by atoms with Gasteiger partial charge in [0.2, 0.25) is 5.91 Å². The minimum atomic E-state index is -0.944. The third kappa shape index (κ3) is 5.34. The second-order valence-corrected chi connectivity index (χ2v) is 8.68. The van der Waals surface area contributed by atoms with Crippen molar-refractivity contribution in [3.63, 3.8) is 0 Å². The zero-order chi connectivity index (χ0) is 24.8. The Morgan fingerprint density at radius 1 is 1.03 bits per heavy atom. The van der Waals surface area contributed by atoms with Gasteiger partial charge in [0.05, 0.1) is 20.5 Å². The van der Waals surface area contributed by atoms with Crippen LogP contribution in [0.25, 0.3) is 0 Å². The van der Waals surface area contributed by atoms with E-state index in [9.17, 15) is 9.59 Å². The summed E-state index contributed by atoms with van der Waals surface area (Å²) in [4.78, 5) is 29.2. The summed E-state index contributed by atoms with van der Waals surface area (Å²) in [5.74, 6) is 0.533. The number of anilines is 1. The molecule has 0 saturated heterocycles. The molecule has 1 atom stereocenters. The van der Waals surface area contributed by atoms with Crippen molar-refractivity contribution in [2.45, 2.75) is 51.1 Å². The average Bonchev–Trinajstić information content (AvgIpc) is 3.61. The lowest BCUT2D eigenvalue weighted by Gasteiger charge is -2.32. The van der Waals surface area contributed by atoms with Crippen LogP contribution in [0.3, 0.4) is 0 Å². The smallest absolute Gasteiger partial charge is 0.294 e. The minimum absolute atomic E-state index is 0.0909. The standard InChI is InChI=1S/C28H32N2O5/c1-4-19-11-14-22(15-12-19)30(28(32)24-10-7-17-35-24)26(27(31)29-21-8-5-6-9-21)20-13-16-23(33-2)25(18-20)34-3/h7,10-18,21,26H,4-6,8-9H2,1-3H3,(H,29,31). The molecule has 35 heavy (non-hydrogen) atoms. The van der Waals surface area contributed by atoms with Crippen LogP contribution in [0.4, 0.5) is 5.69 Å². The molecule has 4 rings (SSSR count). The van der Waals surface area contributed by atoms with E-state index in [1.807, 2.05) is 24.3 Å². The number of carbonyl (C=O) groups is 2. The molecule has 7 heteroatoms. The highest BCUT2D eigenvalue weighted by molar-refractivity contribution is 6.08. The van der Waals surface area contributed by atoms with Crippen LogP contribution in [0.15, 0.2) is 65.3 Å². The van der Waals surface area contributed by atoms with Gasteiger partial charge in [-0.05, 0) is 66.8 Å². The molecule has 0 spiro atoms. The molecule has 184 valence electrons. The first kappa shape index (κ1) is 24.4. The first-order valence-corrected chi connectivity index (χ1v) is 12.0. The van der Waals surface area contributed by atoms with Crippen molar-refractivity contribution < 1.29 is 23.5 Å². The first-order valence-electron chi connectivity index (χ1n) is 12.0. The van der Waals surface area contributed by atoms with Gasteiger partial charge < -0.3 is 19.2 Å². The van der Waals surface area contributed by atoms with Gasteiger partial charge in [0, 0.05) is 11.7 Å². The van der Waals surface area contributed by atoms with Gasteiger partial charge in [-0.3, -0.25) is 14.5 Å². The van der Waals surface area contributed by atoms with Crippen LogP contribution >= 0.6 is 0 Å². The molecule has 1 aliphatic carbocycles. The quantitative estimate of drug-likeness (QED) is 0.453. The number of furan rings is 1. The van der Waals surface area contributed by atoms with E-state index in [1.54, 1.807) is 44.6 Å². The van der Waals surface area contributed by atoms with Gasteiger partial charge in [0.1, 0.15) is 6.04 Å². The molecule has 2 amide bonds. The summed E-state index contributed by atoms with van der Waals surface area (Å²) in [6, 6.07) is 15.4. The summed E-state index contributed by atoms with van der Waals surface area (Å²) < 4.78 is 16.4. The molecule has 1 fully saturated rings. The number of rotatable bonds is 9. The number of benzene rings is 2. The summed E-state index contributed by atoms with van der Waals surface area (Å²) >= 11 is 0. The minimum Gasteiger partial charge on any atom is -0.493 e. The Kier molecular flexibility index (Phi) is 7.75. The number of hydrogen-bond donors (Lipinski definition) is 1. The predicted molar refractivity (Wildman–Crippen MR) is 134 cm³/mol. The van der Waals surface area contributed by atoms with Crippen molar-refractivity contribution in [3.05, 3.63) is 77.7 Å². The highest BCUT2D eigenvalue weighted by Gasteiger charge is 2.36. The zero-order valence-electron chi connectivity index (χ0n) is 20.5. The third-order valence-electron chi connectivity index (χ3n) is 6.50. The van der Waals surface area contributed by atoms with Crippen LogP contribution in [0.2, 0.25) is 0 Å². The molecule has 0 bridgehead atoms. The van der Waals surface area contributed by atoms with Gasteiger partial charge in [0.25, 0.3) is 5.91 Å². The summed E-state index contributed by atoms with van der Waals surface area (Å²) in [6.45, 7) is 2.07. The van der Waals surface area contributed by atoms with Gasteiger partial charge in [-0.2, -0.15) is 0 Å².